The first-order chi connectivity index (χ1) is 8.31. The Labute approximate surface area is 110 Å². The molecule has 0 rings (SSSR count). The molecular weight excluding hydrogens is 204 g/mol. The zero-order chi connectivity index (χ0) is 12.8. The van der Waals surface area contributed by atoms with Gasteiger partial charge in [0.05, 0.1) is 0 Å². The van der Waals surface area contributed by atoms with Crippen molar-refractivity contribution in [1.82, 2.24) is 0 Å². The first-order valence-electron chi connectivity index (χ1n) is 7.96. The Morgan fingerprint density at radius 3 is 1.94 bits per heavy atom. The van der Waals surface area contributed by atoms with E-state index in [0.29, 0.717) is 0 Å². The summed E-state index contributed by atoms with van der Waals surface area (Å²) in [6, 6.07) is 0. The molecule has 0 radical (unpaired) electrons. The number of allylic oxidation sites excluding steroid dienone is 2. The van der Waals surface area contributed by atoms with Gasteiger partial charge < -0.3 is 0 Å². The van der Waals surface area contributed by atoms with Gasteiger partial charge in [-0.15, -0.1) is 0 Å². The molecular formula is C17H34. The highest BCUT2D eigenvalue weighted by Crippen LogP contribution is 2.12. The predicted octanol–water partition coefficient (Wildman–Crippen LogP) is 6.51. The summed E-state index contributed by atoms with van der Waals surface area (Å²) >= 11 is 0. The van der Waals surface area contributed by atoms with Gasteiger partial charge in [-0.25, -0.2) is 0 Å². The van der Waals surface area contributed by atoms with Crippen molar-refractivity contribution in [2.45, 2.75) is 91.4 Å². The van der Waals surface area contributed by atoms with Gasteiger partial charge in [0, 0.05) is 0 Å². The van der Waals surface area contributed by atoms with E-state index in [1.54, 1.807) is 0 Å². The van der Waals surface area contributed by atoms with Crippen molar-refractivity contribution in [3.8, 4) is 0 Å². The Morgan fingerprint density at radius 1 is 0.765 bits per heavy atom. The zero-order valence-corrected chi connectivity index (χ0v) is 12.5. The first-order valence-corrected chi connectivity index (χ1v) is 7.96. The van der Waals surface area contributed by atoms with Gasteiger partial charge in [-0.1, -0.05) is 77.9 Å². The Hall–Kier alpha value is -0.260. The molecule has 0 saturated heterocycles. The molecule has 0 fully saturated rings. The average molecular weight is 238 g/mol. The minimum absolute atomic E-state index is 0.928. The number of hydrogen-bond acceptors (Lipinski definition) is 0. The van der Waals surface area contributed by atoms with Crippen molar-refractivity contribution < 1.29 is 0 Å². The van der Waals surface area contributed by atoms with Gasteiger partial charge in [-0.2, -0.15) is 0 Å². The first kappa shape index (κ1) is 16.7. The molecule has 0 nitrogen and oxygen atoms in total. The molecule has 0 heterocycles. The normalized spacial score (nSPS) is 13.4. The van der Waals surface area contributed by atoms with Gasteiger partial charge in [0.25, 0.3) is 0 Å². The second-order valence-electron chi connectivity index (χ2n) is 5.47. The molecule has 0 aliphatic rings. The SMILES string of the molecule is CCCCCCCC=CCCCCC(C)CC. The maximum atomic E-state index is 2.40. The van der Waals surface area contributed by atoms with Gasteiger partial charge in [-0.05, 0) is 31.6 Å². The highest BCUT2D eigenvalue weighted by Gasteiger charge is 1.96. The van der Waals surface area contributed by atoms with Gasteiger partial charge in [0.2, 0.25) is 0 Å². The van der Waals surface area contributed by atoms with E-state index in [-0.39, 0.29) is 0 Å². The van der Waals surface area contributed by atoms with Crippen LogP contribution in [0.15, 0.2) is 12.2 Å². The molecule has 0 aliphatic heterocycles. The van der Waals surface area contributed by atoms with Crippen molar-refractivity contribution in [2.24, 2.45) is 5.92 Å². The molecule has 102 valence electrons. The van der Waals surface area contributed by atoms with E-state index >= 15 is 0 Å². The van der Waals surface area contributed by atoms with Crippen LogP contribution in [-0.4, -0.2) is 0 Å². The minimum Gasteiger partial charge on any atom is -0.0885 e. The second-order valence-corrected chi connectivity index (χ2v) is 5.47. The van der Waals surface area contributed by atoms with Crippen LogP contribution >= 0.6 is 0 Å². The Balaban J connectivity index is 3.09. The van der Waals surface area contributed by atoms with E-state index in [2.05, 4.69) is 32.9 Å². The van der Waals surface area contributed by atoms with E-state index in [1.165, 1.54) is 70.6 Å². The summed E-state index contributed by atoms with van der Waals surface area (Å²) in [5, 5.41) is 0. The summed E-state index contributed by atoms with van der Waals surface area (Å²) in [5.41, 5.74) is 0. The smallest absolute Gasteiger partial charge is 0.0351 e. The van der Waals surface area contributed by atoms with Crippen LogP contribution in [0.3, 0.4) is 0 Å². The number of rotatable bonds is 12. The fourth-order valence-electron chi connectivity index (χ4n) is 2.06. The summed E-state index contributed by atoms with van der Waals surface area (Å²) in [5.74, 6) is 0.928. The summed E-state index contributed by atoms with van der Waals surface area (Å²) in [7, 11) is 0. The van der Waals surface area contributed by atoms with Gasteiger partial charge in [-0.3, -0.25) is 0 Å². The molecule has 0 aromatic heterocycles. The van der Waals surface area contributed by atoms with E-state index in [9.17, 15) is 0 Å². The summed E-state index contributed by atoms with van der Waals surface area (Å²) in [6.45, 7) is 6.94. The highest BCUT2D eigenvalue weighted by atomic mass is 14.0. The third-order valence-electron chi connectivity index (χ3n) is 3.66. The molecule has 0 aliphatic carbocycles. The third-order valence-corrected chi connectivity index (χ3v) is 3.66. The fourth-order valence-corrected chi connectivity index (χ4v) is 2.06. The Morgan fingerprint density at radius 2 is 1.35 bits per heavy atom. The summed E-state index contributed by atoms with van der Waals surface area (Å²) in [6.07, 6.45) is 20.0. The van der Waals surface area contributed by atoms with Crippen LogP contribution in [-0.2, 0) is 0 Å². The molecule has 1 atom stereocenters. The van der Waals surface area contributed by atoms with Crippen LogP contribution < -0.4 is 0 Å². The summed E-state index contributed by atoms with van der Waals surface area (Å²) < 4.78 is 0. The lowest BCUT2D eigenvalue weighted by Gasteiger charge is -2.06. The van der Waals surface area contributed by atoms with Gasteiger partial charge in [0.15, 0.2) is 0 Å². The Bertz CT molecular complexity index is 157. The monoisotopic (exact) mass is 238 g/mol. The van der Waals surface area contributed by atoms with Crippen LogP contribution in [0.5, 0.6) is 0 Å². The lowest BCUT2D eigenvalue weighted by Crippen LogP contribution is -1.90. The van der Waals surface area contributed by atoms with Gasteiger partial charge >= 0.3 is 0 Å². The molecule has 0 amide bonds. The molecule has 0 saturated carbocycles. The van der Waals surface area contributed by atoms with Crippen molar-refractivity contribution in [1.29, 1.82) is 0 Å². The van der Waals surface area contributed by atoms with Crippen molar-refractivity contribution in [2.75, 3.05) is 0 Å². The van der Waals surface area contributed by atoms with Crippen LogP contribution in [0.2, 0.25) is 0 Å². The second kappa shape index (κ2) is 13.8. The molecule has 17 heavy (non-hydrogen) atoms. The maximum Gasteiger partial charge on any atom is -0.0351 e. The fraction of sp³-hybridized carbons (Fsp3) is 0.882. The molecule has 0 spiro atoms. The standard InChI is InChI=1S/C17H34/c1-4-6-7-8-9-10-11-12-13-14-15-16-17(3)5-2/h11-12,17H,4-10,13-16H2,1-3H3. The lowest BCUT2D eigenvalue weighted by atomic mass is 10.0. The highest BCUT2D eigenvalue weighted by molar-refractivity contribution is 4.81. The third kappa shape index (κ3) is 13.7. The van der Waals surface area contributed by atoms with Gasteiger partial charge in [0.1, 0.15) is 0 Å². The topological polar surface area (TPSA) is 0 Å². The predicted molar refractivity (Wildman–Crippen MR) is 80.4 cm³/mol. The van der Waals surface area contributed by atoms with Crippen LogP contribution in [0.25, 0.3) is 0 Å². The molecule has 0 N–H and O–H groups in total. The summed E-state index contributed by atoms with van der Waals surface area (Å²) in [4.78, 5) is 0. The largest absolute Gasteiger partial charge is 0.0885 e. The van der Waals surface area contributed by atoms with E-state index in [1.807, 2.05) is 0 Å². The van der Waals surface area contributed by atoms with Crippen molar-refractivity contribution in [3.63, 3.8) is 0 Å². The molecule has 1 unspecified atom stereocenters. The minimum atomic E-state index is 0.928. The van der Waals surface area contributed by atoms with Crippen LogP contribution in [0.1, 0.15) is 91.4 Å². The number of hydrogen-bond donors (Lipinski definition) is 0. The zero-order valence-electron chi connectivity index (χ0n) is 12.5. The maximum absolute atomic E-state index is 2.40. The van der Waals surface area contributed by atoms with E-state index in [0.717, 1.165) is 5.92 Å². The molecule has 0 aromatic rings. The number of unbranched alkanes of at least 4 members (excludes halogenated alkanes) is 7. The van der Waals surface area contributed by atoms with Crippen molar-refractivity contribution in [3.05, 3.63) is 12.2 Å². The van der Waals surface area contributed by atoms with Crippen LogP contribution in [0.4, 0.5) is 0 Å². The van der Waals surface area contributed by atoms with Crippen molar-refractivity contribution >= 4 is 0 Å². The Kier molecular flexibility index (Phi) is 13.6. The van der Waals surface area contributed by atoms with E-state index < -0.39 is 0 Å². The molecule has 0 heteroatoms. The lowest BCUT2D eigenvalue weighted by molar-refractivity contribution is 0.486. The molecule has 0 bridgehead atoms. The quantitative estimate of drug-likeness (QED) is 0.268. The van der Waals surface area contributed by atoms with E-state index in [4.69, 9.17) is 0 Å². The molecule has 0 aromatic carbocycles. The van der Waals surface area contributed by atoms with Crippen LogP contribution in [0, 0.1) is 5.92 Å². The average Bonchev–Trinajstić information content (AvgIpc) is 2.35.